The number of nitrogens with one attached hydrogen (secondary N) is 1. The Hall–Kier alpha value is -3.08. The molecule has 0 unspecified atom stereocenters. The van der Waals surface area contributed by atoms with E-state index in [1.54, 1.807) is 0 Å². The molecule has 0 radical (unpaired) electrons. The van der Waals surface area contributed by atoms with Crippen molar-refractivity contribution in [1.29, 1.82) is 0 Å². The van der Waals surface area contributed by atoms with E-state index in [0.29, 0.717) is 13.2 Å². The molecule has 0 saturated carbocycles. The molecule has 0 atom stereocenters. The number of benzene rings is 2. The van der Waals surface area contributed by atoms with E-state index in [0.717, 1.165) is 34.0 Å². The molecule has 1 amide bonds. The highest BCUT2D eigenvalue weighted by atomic mass is 16.5. The minimum Gasteiger partial charge on any atom is -0.487 e. The van der Waals surface area contributed by atoms with Gasteiger partial charge >= 0.3 is 0 Å². The maximum absolute atomic E-state index is 11.2. The number of nitrogens with zero attached hydrogens (tertiary/aromatic N) is 2. The molecule has 5 nitrogen and oxygen atoms in total. The van der Waals surface area contributed by atoms with Gasteiger partial charge in [0, 0.05) is 29.8 Å². The minimum absolute atomic E-state index is 0.0935. The van der Waals surface area contributed by atoms with E-state index in [2.05, 4.69) is 23.5 Å². The first kappa shape index (κ1) is 14.5. The van der Waals surface area contributed by atoms with Crippen molar-refractivity contribution in [2.75, 3.05) is 5.32 Å². The Bertz CT molecular complexity index is 900. The first-order chi connectivity index (χ1) is 11.7. The largest absolute Gasteiger partial charge is 0.487 e. The Morgan fingerprint density at radius 2 is 2.00 bits per heavy atom. The Balaban J connectivity index is 1.65. The van der Waals surface area contributed by atoms with Crippen molar-refractivity contribution in [3.63, 3.8) is 0 Å². The fourth-order valence-corrected chi connectivity index (χ4v) is 2.87. The van der Waals surface area contributed by atoms with E-state index >= 15 is 0 Å². The summed E-state index contributed by atoms with van der Waals surface area (Å²) in [4.78, 5) is 11.2. The molecule has 2 aromatic carbocycles. The topological polar surface area (TPSA) is 56.1 Å². The zero-order valence-electron chi connectivity index (χ0n) is 13.3. The number of hydrogen-bond donors (Lipinski definition) is 1. The number of fused-ring (bicyclic) bond motifs is 2. The molecule has 1 aliphatic rings. The van der Waals surface area contributed by atoms with Crippen molar-refractivity contribution in [2.24, 2.45) is 0 Å². The third kappa shape index (κ3) is 2.76. The molecular weight excluding hydrogens is 302 g/mol. The number of aromatic nitrogens is 2. The second-order valence-electron chi connectivity index (χ2n) is 5.84. The van der Waals surface area contributed by atoms with Crippen LogP contribution in [-0.2, 0) is 17.9 Å². The number of ether oxygens (including phenoxy) is 1. The summed E-state index contributed by atoms with van der Waals surface area (Å²) < 4.78 is 7.91. The van der Waals surface area contributed by atoms with Crippen LogP contribution in [0.2, 0.25) is 0 Å². The molecule has 5 heteroatoms. The van der Waals surface area contributed by atoms with Gasteiger partial charge in [0.1, 0.15) is 12.4 Å². The molecule has 1 N–H and O–H groups in total. The molecule has 1 aliphatic heterocycles. The van der Waals surface area contributed by atoms with Crippen LogP contribution >= 0.6 is 0 Å². The van der Waals surface area contributed by atoms with Crippen LogP contribution in [0.4, 0.5) is 5.69 Å². The average molecular weight is 319 g/mol. The lowest BCUT2D eigenvalue weighted by Crippen LogP contribution is -2.06. The molecule has 4 rings (SSSR count). The molecule has 0 bridgehead atoms. The van der Waals surface area contributed by atoms with Gasteiger partial charge in [-0.05, 0) is 12.1 Å². The highest BCUT2D eigenvalue weighted by molar-refractivity contribution is 5.88. The maximum atomic E-state index is 11.2. The van der Waals surface area contributed by atoms with Crippen molar-refractivity contribution in [3.05, 3.63) is 65.9 Å². The lowest BCUT2D eigenvalue weighted by molar-refractivity contribution is -0.114. The lowest BCUT2D eigenvalue weighted by Gasteiger charge is -2.09. The van der Waals surface area contributed by atoms with Gasteiger partial charge in [0.2, 0.25) is 5.91 Å². The Kier molecular flexibility index (Phi) is 3.54. The zero-order valence-corrected chi connectivity index (χ0v) is 13.3. The Labute approximate surface area is 139 Å². The van der Waals surface area contributed by atoms with Crippen LogP contribution in [-0.4, -0.2) is 15.7 Å². The predicted octanol–water partition coefficient (Wildman–Crippen LogP) is 3.45. The quantitative estimate of drug-likeness (QED) is 0.787. The van der Waals surface area contributed by atoms with Crippen molar-refractivity contribution in [3.8, 4) is 17.0 Å². The molecule has 120 valence electrons. The van der Waals surface area contributed by atoms with Crippen molar-refractivity contribution in [2.45, 2.75) is 20.1 Å². The average Bonchev–Trinajstić information content (AvgIpc) is 2.90. The molecular formula is C19H17N3O2. The first-order valence-electron chi connectivity index (χ1n) is 7.84. The zero-order chi connectivity index (χ0) is 16.5. The Morgan fingerprint density at radius 1 is 1.17 bits per heavy atom. The summed E-state index contributed by atoms with van der Waals surface area (Å²) in [5.74, 6) is 0.692. The SMILES string of the molecule is CC(=O)Nc1ccc2c(c1)OCc1cc(-c3ccccc3)nn1C2. The second kappa shape index (κ2) is 5.85. The van der Waals surface area contributed by atoms with Crippen LogP contribution in [0.5, 0.6) is 5.75 Å². The molecule has 0 aliphatic carbocycles. The number of carbonyl (C=O) groups is 1. The second-order valence-corrected chi connectivity index (χ2v) is 5.84. The first-order valence-corrected chi connectivity index (χ1v) is 7.84. The van der Waals surface area contributed by atoms with Gasteiger partial charge in [-0.25, -0.2) is 0 Å². The molecule has 1 aromatic heterocycles. The summed E-state index contributed by atoms with van der Waals surface area (Å²) in [5.41, 5.74) is 4.87. The highest BCUT2D eigenvalue weighted by Gasteiger charge is 2.17. The molecule has 0 saturated heterocycles. The van der Waals surface area contributed by atoms with Gasteiger partial charge in [-0.2, -0.15) is 5.10 Å². The maximum Gasteiger partial charge on any atom is 0.221 e. The molecule has 24 heavy (non-hydrogen) atoms. The fraction of sp³-hybridized carbons (Fsp3) is 0.158. The predicted molar refractivity (Wildman–Crippen MR) is 91.8 cm³/mol. The monoisotopic (exact) mass is 319 g/mol. The summed E-state index contributed by atoms with van der Waals surface area (Å²) in [6.07, 6.45) is 0. The van der Waals surface area contributed by atoms with Crippen LogP contribution in [0, 0.1) is 0 Å². The number of rotatable bonds is 2. The van der Waals surface area contributed by atoms with Gasteiger partial charge in [0.15, 0.2) is 0 Å². The van der Waals surface area contributed by atoms with Crippen LogP contribution in [0.1, 0.15) is 18.2 Å². The third-order valence-corrected chi connectivity index (χ3v) is 4.02. The summed E-state index contributed by atoms with van der Waals surface area (Å²) in [6, 6.07) is 17.9. The van der Waals surface area contributed by atoms with E-state index < -0.39 is 0 Å². The van der Waals surface area contributed by atoms with Crippen LogP contribution in [0.3, 0.4) is 0 Å². The minimum atomic E-state index is -0.0935. The van der Waals surface area contributed by atoms with E-state index in [-0.39, 0.29) is 5.91 Å². The van der Waals surface area contributed by atoms with E-state index in [1.807, 2.05) is 41.1 Å². The van der Waals surface area contributed by atoms with Gasteiger partial charge in [-0.15, -0.1) is 0 Å². The van der Waals surface area contributed by atoms with Crippen LogP contribution in [0.15, 0.2) is 54.6 Å². The molecule has 0 fully saturated rings. The Morgan fingerprint density at radius 3 is 2.79 bits per heavy atom. The smallest absolute Gasteiger partial charge is 0.221 e. The van der Waals surface area contributed by atoms with Gasteiger partial charge in [-0.3, -0.25) is 9.48 Å². The van der Waals surface area contributed by atoms with Gasteiger partial charge in [-0.1, -0.05) is 36.4 Å². The van der Waals surface area contributed by atoms with Crippen molar-refractivity contribution >= 4 is 11.6 Å². The summed E-state index contributed by atoms with van der Waals surface area (Å²) in [5, 5.41) is 7.50. The van der Waals surface area contributed by atoms with Crippen molar-refractivity contribution in [1.82, 2.24) is 9.78 Å². The van der Waals surface area contributed by atoms with E-state index in [4.69, 9.17) is 9.84 Å². The summed E-state index contributed by atoms with van der Waals surface area (Å²) >= 11 is 0. The number of anilines is 1. The molecule has 0 spiro atoms. The lowest BCUT2D eigenvalue weighted by atomic mass is 10.1. The van der Waals surface area contributed by atoms with Crippen LogP contribution < -0.4 is 10.1 Å². The van der Waals surface area contributed by atoms with Crippen LogP contribution in [0.25, 0.3) is 11.3 Å². The summed E-state index contributed by atoms with van der Waals surface area (Å²) in [7, 11) is 0. The highest BCUT2D eigenvalue weighted by Crippen LogP contribution is 2.29. The number of carbonyl (C=O) groups excluding carboxylic acids is 1. The summed E-state index contributed by atoms with van der Waals surface area (Å²) in [6.45, 7) is 2.60. The van der Waals surface area contributed by atoms with Gasteiger partial charge < -0.3 is 10.1 Å². The fourth-order valence-electron chi connectivity index (χ4n) is 2.87. The van der Waals surface area contributed by atoms with E-state index in [1.165, 1.54) is 6.92 Å². The number of amides is 1. The van der Waals surface area contributed by atoms with Crippen molar-refractivity contribution < 1.29 is 9.53 Å². The van der Waals surface area contributed by atoms with Gasteiger partial charge in [0.05, 0.1) is 17.9 Å². The normalized spacial score (nSPS) is 12.5. The number of hydrogen-bond acceptors (Lipinski definition) is 3. The third-order valence-electron chi connectivity index (χ3n) is 4.02. The van der Waals surface area contributed by atoms with E-state index in [9.17, 15) is 4.79 Å². The standard InChI is InChI=1S/C19H17N3O2/c1-13(23)20-16-8-7-15-11-22-17(12-24-19(15)9-16)10-18(21-22)14-5-3-2-4-6-14/h2-10H,11-12H2,1H3,(H,20,23). The van der Waals surface area contributed by atoms with Gasteiger partial charge in [0.25, 0.3) is 0 Å². The molecule has 2 heterocycles. The molecule has 3 aromatic rings.